The van der Waals surface area contributed by atoms with Crippen LogP contribution in [0.15, 0.2) is 24.3 Å². The second kappa shape index (κ2) is 2.23. The van der Waals surface area contributed by atoms with Crippen molar-refractivity contribution in [2.75, 3.05) is 0 Å². The molecule has 0 aromatic heterocycles. The molecule has 0 aromatic rings. The Labute approximate surface area is 80.1 Å². The third-order valence-electron chi connectivity index (χ3n) is 2.43. The van der Waals surface area contributed by atoms with E-state index in [2.05, 4.69) is 0 Å². The van der Waals surface area contributed by atoms with Crippen molar-refractivity contribution < 1.29 is 17.5 Å². The molecule has 0 radical (unpaired) electrons. The van der Waals surface area contributed by atoms with E-state index >= 15 is 0 Å². The van der Waals surface area contributed by atoms with Crippen LogP contribution in [0.3, 0.4) is 0 Å². The van der Waals surface area contributed by atoms with E-state index in [1.807, 2.05) is 0 Å². The van der Waals surface area contributed by atoms with E-state index in [4.69, 9.17) is 4.74 Å². The van der Waals surface area contributed by atoms with Gasteiger partial charge < -0.3 is 4.74 Å². The molecule has 2 rings (SSSR count). The van der Waals surface area contributed by atoms with Gasteiger partial charge in [-0.2, -0.15) is 8.42 Å². The Bertz CT molecular complexity index is 464. The van der Waals surface area contributed by atoms with Gasteiger partial charge in [-0.15, -0.1) is 0 Å². The highest BCUT2D eigenvalue weighted by Gasteiger charge is 2.78. The molecule has 0 aromatic carbocycles. The van der Waals surface area contributed by atoms with Gasteiger partial charge in [-0.1, -0.05) is 12.2 Å². The van der Waals surface area contributed by atoms with Crippen molar-refractivity contribution in [3.63, 3.8) is 0 Å². The molecule has 1 fully saturated rings. The Hall–Kier alpha value is -1.21. The molecule has 76 valence electrons. The molecule has 0 amide bonds. The molecule has 0 saturated carbocycles. The zero-order chi connectivity index (χ0) is 10.6. The highest BCUT2D eigenvalue weighted by molar-refractivity contribution is 7.87. The number of fused-ring (bicyclic) bond motifs is 1. The number of hydrogen-bond donors (Lipinski definition) is 0. The lowest BCUT2D eigenvalue weighted by Gasteiger charge is -2.07. The number of ether oxygens (including phenoxy) is 1. The van der Waals surface area contributed by atoms with Gasteiger partial charge in [0.25, 0.3) is 4.93 Å². The molecule has 2 atom stereocenters. The lowest BCUT2D eigenvalue weighted by atomic mass is 10.0. The minimum Gasteiger partial charge on any atom is -0.332 e. The number of allylic oxidation sites excluding steroid dienone is 2. The molecule has 6 nitrogen and oxygen atoms in total. The number of nitro groups is 1. The normalized spacial score (nSPS) is 39.2. The first-order valence-electron chi connectivity index (χ1n) is 3.82. The molecule has 1 aliphatic heterocycles. The van der Waals surface area contributed by atoms with E-state index in [1.54, 1.807) is 6.08 Å². The molecule has 1 saturated heterocycles. The summed E-state index contributed by atoms with van der Waals surface area (Å²) in [5.74, 6) is 0. The molecular formula is C7H7NO5S. The summed E-state index contributed by atoms with van der Waals surface area (Å²) in [5, 5.41) is 10.4. The number of nitrogens with zero attached hydrogens (tertiary/aromatic N) is 1. The van der Waals surface area contributed by atoms with Crippen LogP contribution in [0, 0.1) is 10.1 Å². The van der Waals surface area contributed by atoms with Crippen LogP contribution < -0.4 is 0 Å². The van der Waals surface area contributed by atoms with Gasteiger partial charge in [0, 0.05) is 0 Å². The fraction of sp³-hybridized carbons (Fsp3) is 0.429. The summed E-state index contributed by atoms with van der Waals surface area (Å²) in [6.45, 7) is 1.49. The average Bonchev–Trinajstić information content (AvgIpc) is 2.72. The maximum Gasteiger partial charge on any atom is 0.455 e. The summed E-state index contributed by atoms with van der Waals surface area (Å²) in [4.78, 5) is 8.58. The summed E-state index contributed by atoms with van der Waals surface area (Å²) in [5.41, 5.74) is -1.09. The van der Waals surface area contributed by atoms with Crippen molar-refractivity contribution in [2.24, 2.45) is 0 Å². The third-order valence-corrected chi connectivity index (χ3v) is 4.22. The molecule has 7 heteroatoms. The van der Waals surface area contributed by atoms with E-state index in [0.717, 1.165) is 0 Å². The highest BCUT2D eigenvalue weighted by Crippen LogP contribution is 2.55. The summed E-state index contributed by atoms with van der Waals surface area (Å²) in [6.07, 6.45) is 5.72. The molecule has 1 heterocycles. The Balaban J connectivity index is 2.54. The molecule has 2 unspecified atom stereocenters. The predicted molar refractivity (Wildman–Crippen MR) is 46.4 cm³/mol. The van der Waals surface area contributed by atoms with Crippen molar-refractivity contribution in [1.29, 1.82) is 0 Å². The molecule has 0 bridgehead atoms. The SMILES string of the molecule is CC12C=CC=CC1(S(=O)(=O)[N+](=O)[O-])O2. The zero-order valence-corrected chi connectivity index (χ0v) is 8.02. The standard InChI is InChI=1S/C7H7NO5S/c1-6-4-2-3-5-7(6,13-6)14(11,12)8(9)10/h2-5H,1H3. The van der Waals surface area contributed by atoms with Crippen LogP contribution in [0.1, 0.15) is 6.92 Å². The van der Waals surface area contributed by atoms with E-state index < -0.39 is 24.9 Å². The van der Waals surface area contributed by atoms with Crippen molar-refractivity contribution in [2.45, 2.75) is 17.5 Å². The summed E-state index contributed by atoms with van der Waals surface area (Å²) in [7, 11) is -4.52. The van der Waals surface area contributed by atoms with Gasteiger partial charge in [0.05, 0.1) is 0 Å². The van der Waals surface area contributed by atoms with Crippen LogP contribution >= 0.6 is 0 Å². The highest BCUT2D eigenvalue weighted by atomic mass is 32.2. The topological polar surface area (TPSA) is 89.8 Å². The Morgan fingerprint density at radius 2 is 1.93 bits per heavy atom. The molecule has 14 heavy (non-hydrogen) atoms. The maximum absolute atomic E-state index is 11.3. The second-order valence-electron chi connectivity index (χ2n) is 3.29. The van der Waals surface area contributed by atoms with Crippen molar-refractivity contribution in [1.82, 2.24) is 0 Å². The largest absolute Gasteiger partial charge is 0.455 e. The monoisotopic (exact) mass is 217 g/mol. The van der Waals surface area contributed by atoms with E-state index in [9.17, 15) is 18.5 Å². The van der Waals surface area contributed by atoms with Gasteiger partial charge in [-0.05, 0) is 19.1 Å². The first-order chi connectivity index (χ1) is 6.36. The minimum atomic E-state index is -4.52. The fourth-order valence-corrected chi connectivity index (χ4v) is 2.90. The second-order valence-corrected chi connectivity index (χ2v) is 5.15. The van der Waals surface area contributed by atoms with Gasteiger partial charge in [0.2, 0.25) is 0 Å². The number of epoxide rings is 1. The molecule has 0 spiro atoms. The zero-order valence-electron chi connectivity index (χ0n) is 7.21. The Morgan fingerprint density at radius 1 is 1.36 bits per heavy atom. The molecule has 0 N–H and O–H groups in total. The molecular weight excluding hydrogens is 210 g/mol. The van der Waals surface area contributed by atoms with Gasteiger partial charge in [0.15, 0.2) is 4.33 Å². The lowest BCUT2D eigenvalue weighted by molar-refractivity contribution is -0.307. The first kappa shape index (κ1) is 9.35. The fourth-order valence-electron chi connectivity index (χ4n) is 1.57. The van der Waals surface area contributed by atoms with Crippen molar-refractivity contribution in [3.05, 3.63) is 34.4 Å². The van der Waals surface area contributed by atoms with Gasteiger partial charge in [-0.25, -0.2) is 10.1 Å². The van der Waals surface area contributed by atoms with E-state index in [1.165, 1.54) is 25.2 Å². The van der Waals surface area contributed by atoms with Crippen LogP contribution in [0.25, 0.3) is 0 Å². The Kier molecular flexibility index (Phi) is 1.49. The van der Waals surface area contributed by atoms with Gasteiger partial charge in [0.1, 0.15) is 5.60 Å². The third kappa shape index (κ3) is 0.807. The predicted octanol–water partition coefficient (Wildman–Crippen LogP) is 0.204. The van der Waals surface area contributed by atoms with E-state index in [0.29, 0.717) is 0 Å². The van der Waals surface area contributed by atoms with Crippen LogP contribution in [0.2, 0.25) is 0 Å². The number of hydrogen-bond acceptors (Lipinski definition) is 5. The Morgan fingerprint density at radius 3 is 2.43 bits per heavy atom. The summed E-state index contributed by atoms with van der Waals surface area (Å²) >= 11 is 0. The average molecular weight is 217 g/mol. The quantitative estimate of drug-likeness (QED) is 0.374. The maximum atomic E-state index is 11.3. The van der Waals surface area contributed by atoms with Gasteiger partial charge >= 0.3 is 10.0 Å². The van der Waals surface area contributed by atoms with Crippen LogP contribution in [0.4, 0.5) is 0 Å². The lowest BCUT2D eigenvalue weighted by Crippen LogP contribution is -2.35. The minimum absolute atomic E-state index is 1.09. The first-order valence-corrected chi connectivity index (χ1v) is 5.26. The number of rotatable bonds is 2. The van der Waals surface area contributed by atoms with Crippen molar-refractivity contribution >= 4 is 10.0 Å². The smallest absolute Gasteiger partial charge is 0.332 e. The van der Waals surface area contributed by atoms with Crippen LogP contribution in [-0.4, -0.2) is 23.3 Å². The van der Waals surface area contributed by atoms with Gasteiger partial charge in [-0.3, -0.25) is 0 Å². The number of sulfonamides is 1. The van der Waals surface area contributed by atoms with Crippen LogP contribution in [-0.2, 0) is 14.8 Å². The van der Waals surface area contributed by atoms with Crippen molar-refractivity contribution in [3.8, 4) is 0 Å². The summed E-state index contributed by atoms with van der Waals surface area (Å²) < 4.78 is 26.4. The molecule has 1 aliphatic carbocycles. The van der Waals surface area contributed by atoms with Crippen LogP contribution in [0.5, 0.6) is 0 Å². The van der Waals surface area contributed by atoms with E-state index in [-0.39, 0.29) is 0 Å². The molecule has 2 aliphatic rings. The summed E-state index contributed by atoms with van der Waals surface area (Å²) in [6, 6.07) is 0.